The Bertz CT molecular complexity index is 466. The van der Waals surface area contributed by atoms with Gasteiger partial charge in [-0.05, 0) is 24.6 Å². The van der Waals surface area contributed by atoms with Gasteiger partial charge in [-0.15, -0.1) is 0 Å². The van der Waals surface area contributed by atoms with Gasteiger partial charge in [0.15, 0.2) is 0 Å². The Balaban J connectivity index is 1.89. The van der Waals surface area contributed by atoms with Crippen molar-refractivity contribution >= 4 is 11.6 Å². The van der Waals surface area contributed by atoms with Gasteiger partial charge < -0.3 is 4.90 Å². The number of halogens is 1. The molecule has 1 aromatic carbocycles. The van der Waals surface area contributed by atoms with Crippen molar-refractivity contribution in [3.63, 3.8) is 0 Å². The normalized spacial score (nSPS) is 31.3. The third-order valence-electron chi connectivity index (χ3n) is 3.49. The average molecular weight is 247 g/mol. The summed E-state index contributed by atoms with van der Waals surface area (Å²) in [6, 6.07) is 11.3. The van der Waals surface area contributed by atoms with Gasteiger partial charge in [-0.1, -0.05) is 41.9 Å². The van der Waals surface area contributed by atoms with E-state index in [0.29, 0.717) is 12.1 Å². The zero-order valence-electron chi connectivity index (χ0n) is 9.68. The predicted octanol–water partition coefficient (Wildman–Crippen LogP) is 3.00. The highest BCUT2D eigenvalue weighted by Crippen LogP contribution is 2.32. The summed E-state index contributed by atoms with van der Waals surface area (Å²) in [6.45, 7) is 2.23. The molecular formula is C14H15ClN2. The molecule has 0 aliphatic carbocycles. The van der Waals surface area contributed by atoms with Crippen molar-refractivity contribution in [2.45, 2.75) is 25.2 Å². The highest BCUT2D eigenvalue weighted by Gasteiger charge is 2.36. The zero-order chi connectivity index (χ0) is 11.8. The summed E-state index contributed by atoms with van der Waals surface area (Å²) in [6.07, 6.45) is 6.35. The lowest BCUT2D eigenvalue weighted by Crippen LogP contribution is -2.33. The third-order valence-corrected chi connectivity index (χ3v) is 3.72. The van der Waals surface area contributed by atoms with Gasteiger partial charge in [0.1, 0.15) is 0 Å². The lowest BCUT2D eigenvalue weighted by Gasteiger charge is -2.27. The fourth-order valence-electron chi connectivity index (χ4n) is 2.59. The van der Waals surface area contributed by atoms with Gasteiger partial charge in [-0.2, -0.15) is 0 Å². The molecule has 0 saturated carbocycles. The summed E-state index contributed by atoms with van der Waals surface area (Å²) in [7, 11) is 0. The fraction of sp³-hybridized carbons (Fsp3) is 0.286. The van der Waals surface area contributed by atoms with E-state index in [2.05, 4.69) is 47.5 Å². The highest BCUT2D eigenvalue weighted by atomic mass is 35.5. The monoisotopic (exact) mass is 246 g/mol. The van der Waals surface area contributed by atoms with Crippen molar-refractivity contribution in [3.05, 3.63) is 59.3 Å². The van der Waals surface area contributed by atoms with Gasteiger partial charge in [0.05, 0.1) is 17.2 Å². The molecule has 17 heavy (non-hydrogen) atoms. The van der Waals surface area contributed by atoms with E-state index < -0.39 is 0 Å². The molecule has 0 aromatic heterocycles. The molecule has 3 atom stereocenters. The number of benzene rings is 1. The lowest BCUT2D eigenvalue weighted by molar-refractivity contribution is 0.310. The summed E-state index contributed by atoms with van der Waals surface area (Å²) >= 11 is 6.05. The van der Waals surface area contributed by atoms with Crippen LogP contribution in [0.25, 0.3) is 0 Å². The molecule has 2 aliphatic rings. The second kappa shape index (κ2) is 4.21. The number of nitrogens with zero attached hydrogens (tertiary/aromatic N) is 1. The minimum Gasteiger partial charge on any atom is -0.353 e. The van der Waals surface area contributed by atoms with Gasteiger partial charge in [0.2, 0.25) is 0 Å². The van der Waals surface area contributed by atoms with E-state index in [1.165, 1.54) is 5.56 Å². The molecule has 2 aliphatic heterocycles. The largest absolute Gasteiger partial charge is 0.353 e. The van der Waals surface area contributed by atoms with Crippen LogP contribution in [-0.2, 0) is 0 Å². The molecule has 0 spiro atoms. The molecule has 3 unspecified atom stereocenters. The molecule has 2 heterocycles. The highest BCUT2D eigenvalue weighted by molar-refractivity contribution is 6.31. The summed E-state index contributed by atoms with van der Waals surface area (Å²) in [5.41, 5.74) is 1.33. The predicted molar refractivity (Wildman–Crippen MR) is 70.5 cm³/mol. The van der Waals surface area contributed by atoms with Crippen molar-refractivity contribution in [1.82, 2.24) is 10.2 Å². The Morgan fingerprint density at radius 1 is 1.24 bits per heavy atom. The van der Waals surface area contributed by atoms with Crippen LogP contribution in [0.1, 0.15) is 18.5 Å². The summed E-state index contributed by atoms with van der Waals surface area (Å²) in [5.74, 6) is 0. The molecule has 2 nitrogen and oxygen atoms in total. The van der Waals surface area contributed by atoms with Crippen LogP contribution in [0.15, 0.2) is 53.7 Å². The Morgan fingerprint density at radius 2 is 2.00 bits per heavy atom. The van der Waals surface area contributed by atoms with Crippen LogP contribution in [0.5, 0.6) is 0 Å². The van der Waals surface area contributed by atoms with E-state index in [4.69, 9.17) is 11.6 Å². The number of nitrogens with one attached hydrogen (secondary N) is 1. The molecule has 1 saturated heterocycles. The van der Waals surface area contributed by atoms with Crippen LogP contribution in [0.3, 0.4) is 0 Å². The van der Waals surface area contributed by atoms with E-state index in [0.717, 1.165) is 5.03 Å². The molecule has 88 valence electrons. The average Bonchev–Trinajstić information content (AvgIpc) is 2.68. The van der Waals surface area contributed by atoms with Crippen molar-refractivity contribution in [2.75, 3.05) is 0 Å². The molecular weight excluding hydrogens is 232 g/mol. The molecule has 1 aromatic rings. The SMILES string of the molecule is CC1C(c2ccccc2)NC2C=CC(Cl)=CN21. The van der Waals surface area contributed by atoms with E-state index in [1.807, 2.05) is 18.3 Å². The zero-order valence-corrected chi connectivity index (χ0v) is 10.4. The van der Waals surface area contributed by atoms with Gasteiger partial charge in [0.25, 0.3) is 0 Å². The summed E-state index contributed by atoms with van der Waals surface area (Å²) < 4.78 is 0. The maximum absolute atomic E-state index is 6.05. The smallest absolute Gasteiger partial charge is 0.0994 e. The summed E-state index contributed by atoms with van der Waals surface area (Å²) in [4.78, 5) is 2.28. The number of hydrogen-bond donors (Lipinski definition) is 1. The third kappa shape index (κ3) is 1.88. The first-order valence-electron chi connectivity index (χ1n) is 5.89. The van der Waals surface area contributed by atoms with Crippen molar-refractivity contribution < 1.29 is 0 Å². The van der Waals surface area contributed by atoms with Crippen LogP contribution in [0.4, 0.5) is 0 Å². The Hall–Kier alpha value is -1.25. The minimum atomic E-state index is 0.262. The Kier molecular flexibility index (Phi) is 2.69. The standard InChI is InChI=1S/C14H15ClN2/c1-10-14(11-5-3-2-4-6-11)16-13-8-7-12(15)9-17(10)13/h2-10,13-14,16H,1H3. The molecule has 1 fully saturated rings. The second-order valence-corrected chi connectivity index (χ2v) is 5.00. The van der Waals surface area contributed by atoms with E-state index in [-0.39, 0.29) is 6.17 Å². The van der Waals surface area contributed by atoms with Crippen molar-refractivity contribution in [3.8, 4) is 0 Å². The van der Waals surface area contributed by atoms with Gasteiger partial charge in [-0.3, -0.25) is 5.32 Å². The van der Waals surface area contributed by atoms with E-state index >= 15 is 0 Å². The van der Waals surface area contributed by atoms with Crippen LogP contribution < -0.4 is 5.32 Å². The van der Waals surface area contributed by atoms with Crippen molar-refractivity contribution in [1.29, 1.82) is 0 Å². The number of fused-ring (bicyclic) bond motifs is 1. The first-order chi connectivity index (χ1) is 8.25. The van der Waals surface area contributed by atoms with E-state index in [1.54, 1.807) is 0 Å². The van der Waals surface area contributed by atoms with Crippen molar-refractivity contribution in [2.24, 2.45) is 0 Å². The van der Waals surface area contributed by atoms with Crippen LogP contribution in [0, 0.1) is 0 Å². The maximum atomic E-state index is 6.05. The number of rotatable bonds is 1. The number of allylic oxidation sites excluding steroid dienone is 2. The molecule has 0 radical (unpaired) electrons. The van der Waals surface area contributed by atoms with Gasteiger partial charge in [0, 0.05) is 12.2 Å². The lowest BCUT2D eigenvalue weighted by atomic mass is 10.0. The first kappa shape index (κ1) is 10.9. The topological polar surface area (TPSA) is 15.3 Å². The first-order valence-corrected chi connectivity index (χ1v) is 6.27. The van der Waals surface area contributed by atoms with Gasteiger partial charge in [-0.25, -0.2) is 0 Å². The van der Waals surface area contributed by atoms with Crippen LogP contribution >= 0.6 is 11.6 Å². The second-order valence-electron chi connectivity index (χ2n) is 4.56. The summed E-state index contributed by atoms with van der Waals surface area (Å²) in [5, 5.41) is 4.41. The Morgan fingerprint density at radius 3 is 2.76 bits per heavy atom. The van der Waals surface area contributed by atoms with Crippen LogP contribution in [-0.4, -0.2) is 17.1 Å². The fourth-order valence-corrected chi connectivity index (χ4v) is 2.78. The van der Waals surface area contributed by atoms with Crippen LogP contribution in [0.2, 0.25) is 0 Å². The molecule has 1 N–H and O–H groups in total. The molecule has 0 bridgehead atoms. The number of hydrogen-bond acceptors (Lipinski definition) is 2. The van der Waals surface area contributed by atoms with Gasteiger partial charge >= 0.3 is 0 Å². The quantitative estimate of drug-likeness (QED) is 0.820. The van der Waals surface area contributed by atoms with E-state index in [9.17, 15) is 0 Å². The Labute approximate surface area is 107 Å². The molecule has 3 heteroatoms. The molecule has 0 amide bonds. The minimum absolute atomic E-state index is 0.262. The maximum Gasteiger partial charge on any atom is 0.0994 e. The molecule has 3 rings (SSSR count).